The van der Waals surface area contributed by atoms with E-state index in [1.165, 1.54) is 23.3 Å². The van der Waals surface area contributed by atoms with Crippen molar-refractivity contribution >= 4 is 34.3 Å². The molecule has 100 valence electrons. The number of fused-ring (bicyclic) bond motifs is 1. The zero-order valence-corrected chi connectivity index (χ0v) is 12.0. The van der Waals surface area contributed by atoms with Gasteiger partial charge in [-0.05, 0) is 12.7 Å². The lowest BCUT2D eigenvalue weighted by Crippen LogP contribution is -2.29. The van der Waals surface area contributed by atoms with Crippen LogP contribution in [-0.2, 0) is 17.8 Å². The molecule has 0 aromatic carbocycles. The van der Waals surface area contributed by atoms with Gasteiger partial charge in [0.2, 0.25) is 16.2 Å². The molecule has 19 heavy (non-hydrogen) atoms. The van der Waals surface area contributed by atoms with Crippen molar-refractivity contribution in [2.75, 3.05) is 11.6 Å². The van der Waals surface area contributed by atoms with Gasteiger partial charge in [0, 0.05) is 42.3 Å². The SMILES string of the molecule is CSc1nsc(NC(=O)[C@@H]2CCn3cncc3C2)n1. The Labute approximate surface area is 118 Å². The fraction of sp³-hybridized carbons (Fsp3) is 0.455. The lowest BCUT2D eigenvalue weighted by atomic mass is 9.95. The molecule has 1 atom stereocenters. The first-order valence-electron chi connectivity index (χ1n) is 5.94. The highest BCUT2D eigenvalue weighted by Gasteiger charge is 2.25. The van der Waals surface area contributed by atoms with Crippen LogP contribution in [-0.4, -0.2) is 31.1 Å². The van der Waals surface area contributed by atoms with Crippen molar-refractivity contribution < 1.29 is 4.79 Å². The summed E-state index contributed by atoms with van der Waals surface area (Å²) in [5, 5.41) is 4.13. The molecule has 0 saturated heterocycles. The van der Waals surface area contributed by atoms with Gasteiger partial charge in [-0.15, -0.1) is 0 Å². The fourth-order valence-electron chi connectivity index (χ4n) is 2.14. The highest BCUT2D eigenvalue weighted by molar-refractivity contribution is 7.98. The lowest BCUT2D eigenvalue weighted by molar-refractivity contribution is -0.120. The number of hydrogen-bond acceptors (Lipinski definition) is 6. The topological polar surface area (TPSA) is 72.7 Å². The Hall–Kier alpha value is -1.41. The molecule has 1 aliphatic rings. The smallest absolute Gasteiger partial charge is 0.229 e. The summed E-state index contributed by atoms with van der Waals surface area (Å²) in [7, 11) is 0. The van der Waals surface area contributed by atoms with Crippen LogP contribution in [0.2, 0.25) is 0 Å². The first-order valence-corrected chi connectivity index (χ1v) is 7.93. The van der Waals surface area contributed by atoms with Crippen molar-refractivity contribution in [2.45, 2.75) is 24.5 Å². The van der Waals surface area contributed by atoms with E-state index < -0.39 is 0 Å². The Kier molecular flexibility index (Phi) is 3.52. The van der Waals surface area contributed by atoms with Gasteiger partial charge in [0.05, 0.1) is 6.33 Å². The van der Waals surface area contributed by atoms with Crippen LogP contribution in [0.1, 0.15) is 12.1 Å². The van der Waals surface area contributed by atoms with Crippen LogP contribution in [0.3, 0.4) is 0 Å². The third kappa shape index (κ3) is 2.64. The van der Waals surface area contributed by atoms with Gasteiger partial charge < -0.3 is 9.88 Å². The second kappa shape index (κ2) is 5.30. The highest BCUT2D eigenvalue weighted by Crippen LogP contribution is 2.23. The second-order valence-corrected chi connectivity index (χ2v) is 5.87. The molecule has 0 bridgehead atoms. The van der Waals surface area contributed by atoms with Gasteiger partial charge in [-0.1, -0.05) is 11.8 Å². The van der Waals surface area contributed by atoms with Gasteiger partial charge in [0.15, 0.2) is 0 Å². The molecule has 0 fully saturated rings. The van der Waals surface area contributed by atoms with E-state index in [1.54, 1.807) is 0 Å². The summed E-state index contributed by atoms with van der Waals surface area (Å²) in [5.74, 6) is 0.0158. The minimum Gasteiger partial charge on any atom is -0.335 e. The van der Waals surface area contributed by atoms with E-state index in [1.807, 2.05) is 18.8 Å². The Balaban J connectivity index is 1.65. The first-order chi connectivity index (χ1) is 9.26. The maximum Gasteiger partial charge on any atom is 0.229 e. The molecule has 0 spiro atoms. The molecule has 0 saturated carbocycles. The molecular formula is C11H13N5OS2. The fourth-order valence-corrected chi connectivity index (χ4v) is 3.27. The Morgan fingerprint density at radius 2 is 2.53 bits per heavy atom. The number of thioether (sulfide) groups is 1. The molecule has 2 aromatic rings. The Morgan fingerprint density at radius 1 is 1.63 bits per heavy atom. The zero-order valence-electron chi connectivity index (χ0n) is 10.4. The number of imidazole rings is 1. The molecule has 3 heterocycles. The minimum absolute atomic E-state index is 0.00849. The zero-order chi connectivity index (χ0) is 13.2. The number of nitrogens with one attached hydrogen (secondary N) is 1. The highest BCUT2D eigenvalue weighted by atomic mass is 32.2. The van der Waals surface area contributed by atoms with E-state index in [9.17, 15) is 4.79 Å². The van der Waals surface area contributed by atoms with Gasteiger partial charge >= 0.3 is 0 Å². The van der Waals surface area contributed by atoms with Crippen LogP contribution < -0.4 is 5.32 Å². The molecule has 2 aromatic heterocycles. The summed E-state index contributed by atoms with van der Waals surface area (Å²) >= 11 is 2.69. The van der Waals surface area contributed by atoms with Crippen molar-refractivity contribution in [2.24, 2.45) is 5.92 Å². The molecular weight excluding hydrogens is 282 g/mol. The van der Waals surface area contributed by atoms with E-state index >= 15 is 0 Å². The molecule has 8 heteroatoms. The number of aryl methyl sites for hydroxylation is 1. The number of hydrogen-bond donors (Lipinski definition) is 1. The number of rotatable bonds is 3. The van der Waals surface area contributed by atoms with Crippen LogP contribution in [0.15, 0.2) is 17.7 Å². The molecule has 6 nitrogen and oxygen atoms in total. The largest absolute Gasteiger partial charge is 0.335 e. The first kappa shape index (κ1) is 12.6. The normalized spacial score (nSPS) is 18.1. The number of carbonyl (C=O) groups is 1. The van der Waals surface area contributed by atoms with Crippen LogP contribution in [0.25, 0.3) is 0 Å². The molecule has 1 amide bonds. The third-order valence-electron chi connectivity index (χ3n) is 3.16. The van der Waals surface area contributed by atoms with Crippen molar-refractivity contribution in [1.82, 2.24) is 18.9 Å². The molecule has 0 aliphatic carbocycles. The predicted octanol–water partition coefficient (Wildman–Crippen LogP) is 1.66. The van der Waals surface area contributed by atoms with Crippen LogP contribution in [0.5, 0.6) is 0 Å². The van der Waals surface area contributed by atoms with E-state index in [0.717, 1.165) is 25.1 Å². The maximum absolute atomic E-state index is 12.2. The average molecular weight is 295 g/mol. The third-order valence-corrected chi connectivity index (χ3v) is 4.46. The number of amides is 1. The van der Waals surface area contributed by atoms with E-state index in [2.05, 4.69) is 24.2 Å². The lowest BCUT2D eigenvalue weighted by Gasteiger charge is -2.22. The van der Waals surface area contributed by atoms with Crippen LogP contribution in [0.4, 0.5) is 5.13 Å². The van der Waals surface area contributed by atoms with Crippen molar-refractivity contribution in [3.8, 4) is 0 Å². The second-order valence-electron chi connectivity index (χ2n) is 4.34. The quantitative estimate of drug-likeness (QED) is 0.872. The van der Waals surface area contributed by atoms with Gasteiger partial charge in [0.1, 0.15) is 0 Å². The molecule has 0 unspecified atom stereocenters. The predicted molar refractivity (Wildman–Crippen MR) is 74.4 cm³/mol. The van der Waals surface area contributed by atoms with Gasteiger partial charge in [-0.2, -0.15) is 9.36 Å². The summed E-state index contributed by atoms with van der Waals surface area (Å²) in [4.78, 5) is 20.5. The van der Waals surface area contributed by atoms with E-state index in [4.69, 9.17) is 0 Å². The summed E-state index contributed by atoms with van der Waals surface area (Å²) in [6, 6.07) is 0. The Morgan fingerprint density at radius 3 is 3.32 bits per heavy atom. The molecule has 1 N–H and O–H groups in total. The van der Waals surface area contributed by atoms with Crippen molar-refractivity contribution in [3.05, 3.63) is 18.2 Å². The van der Waals surface area contributed by atoms with Crippen LogP contribution in [0, 0.1) is 5.92 Å². The van der Waals surface area contributed by atoms with Gasteiger partial charge in [-0.25, -0.2) is 4.98 Å². The maximum atomic E-state index is 12.2. The molecule has 0 radical (unpaired) electrons. The van der Waals surface area contributed by atoms with Gasteiger partial charge in [0.25, 0.3) is 0 Å². The Bertz CT molecular complexity index is 593. The summed E-state index contributed by atoms with van der Waals surface area (Å²) in [6.45, 7) is 0.847. The minimum atomic E-state index is -0.00849. The summed E-state index contributed by atoms with van der Waals surface area (Å²) in [5.41, 5.74) is 1.12. The monoisotopic (exact) mass is 295 g/mol. The number of carbonyl (C=O) groups excluding carboxylic acids is 1. The number of nitrogens with zero attached hydrogens (tertiary/aromatic N) is 4. The molecule has 1 aliphatic heterocycles. The molecule has 3 rings (SSSR count). The van der Waals surface area contributed by atoms with Gasteiger partial charge in [-0.3, -0.25) is 4.79 Å². The van der Waals surface area contributed by atoms with Crippen molar-refractivity contribution in [3.63, 3.8) is 0 Å². The standard InChI is InChI=1S/C11H13N5OS2/c1-18-11-14-10(19-15-11)13-9(17)7-2-3-16-6-12-5-8(16)4-7/h5-7H,2-4H2,1H3,(H,13,14,15,17)/t7-/m1/s1. The van der Waals surface area contributed by atoms with E-state index in [0.29, 0.717) is 10.3 Å². The van der Waals surface area contributed by atoms with E-state index in [-0.39, 0.29) is 11.8 Å². The summed E-state index contributed by atoms with van der Waals surface area (Å²) in [6.07, 6.45) is 7.13. The van der Waals surface area contributed by atoms with Crippen molar-refractivity contribution in [1.29, 1.82) is 0 Å². The number of anilines is 1. The number of aromatic nitrogens is 4. The average Bonchev–Trinajstić information content (AvgIpc) is 3.05. The van der Waals surface area contributed by atoms with Crippen LogP contribution >= 0.6 is 23.3 Å². The summed E-state index contributed by atoms with van der Waals surface area (Å²) < 4.78 is 6.22.